The molecule has 0 heterocycles. The van der Waals surface area contributed by atoms with Crippen molar-refractivity contribution in [2.24, 2.45) is 5.92 Å². The number of carbonyl (C=O) groups is 1. The lowest BCUT2D eigenvalue weighted by molar-refractivity contribution is 0.0697. The van der Waals surface area contributed by atoms with Crippen molar-refractivity contribution in [3.8, 4) is 0 Å². The molecule has 0 amide bonds. The van der Waals surface area contributed by atoms with Gasteiger partial charge in [0.05, 0.1) is 17.9 Å². The van der Waals surface area contributed by atoms with Gasteiger partial charge in [0.2, 0.25) is 0 Å². The highest BCUT2D eigenvalue weighted by molar-refractivity contribution is 5.94. The van der Waals surface area contributed by atoms with E-state index in [9.17, 15) is 9.90 Å². The maximum Gasteiger partial charge on any atom is 0.337 e. The van der Waals surface area contributed by atoms with E-state index in [-0.39, 0.29) is 0 Å². The summed E-state index contributed by atoms with van der Waals surface area (Å²) >= 11 is 0. The first-order valence-electron chi connectivity index (χ1n) is 6.70. The van der Waals surface area contributed by atoms with Gasteiger partial charge >= 0.3 is 5.97 Å². The Kier molecular flexibility index (Phi) is 4.43. The van der Waals surface area contributed by atoms with Gasteiger partial charge in [-0.1, -0.05) is 6.07 Å². The molecule has 0 spiro atoms. The zero-order valence-corrected chi connectivity index (χ0v) is 11.6. The molecule has 104 valence electrons. The van der Waals surface area contributed by atoms with Crippen LogP contribution in [-0.4, -0.2) is 37.9 Å². The quantitative estimate of drug-likeness (QED) is 0.768. The van der Waals surface area contributed by atoms with Crippen LogP contribution in [0.4, 0.5) is 5.69 Å². The Bertz CT molecular complexity index is 455. The van der Waals surface area contributed by atoms with Gasteiger partial charge < -0.3 is 14.7 Å². The van der Waals surface area contributed by atoms with Crippen molar-refractivity contribution in [1.82, 2.24) is 0 Å². The number of carboxylic acid groups (broad SMARTS) is 1. The Hall–Kier alpha value is -1.55. The molecule has 1 aliphatic rings. The Morgan fingerprint density at radius 2 is 2.21 bits per heavy atom. The molecule has 1 aromatic carbocycles. The monoisotopic (exact) mass is 263 g/mol. The van der Waals surface area contributed by atoms with Crippen LogP contribution >= 0.6 is 0 Å². The predicted octanol–water partition coefficient (Wildman–Crippen LogP) is 2.56. The van der Waals surface area contributed by atoms with E-state index in [0.29, 0.717) is 18.7 Å². The van der Waals surface area contributed by atoms with Crippen molar-refractivity contribution in [2.45, 2.75) is 19.8 Å². The number of benzene rings is 1. The number of carboxylic acids is 1. The van der Waals surface area contributed by atoms with Crippen LogP contribution in [0.1, 0.15) is 28.8 Å². The van der Waals surface area contributed by atoms with E-state index in [0.717, 1.165) is 23.8 Å². The molecular formula is C15H21NO3. The summed E-state index contributed by atoms with van der Waals surface area (Å²) < 4.78 is 5.59. The second-order valence-electron chi connectivity index (χ2n) is 5.27. The van der Waals surface area contributed by atoms with Crippen molar-refractivity contribution >= 4 is 11.7 Å². The number of aromatic carboxylic acids is 1. The van der Waals surface area contributed by atoms with Crippen LogP contribution in [-0.2, 0) is 4.74 Å². The highest BCUT2D eigenvalue weighted by Crippen LogP contribution is 2.28. The van der Waals surface area contributed by atoms with Crippen molar-refractivity contribution < 1.29 is 14.6 Å². The third kappa shape index (κ3) is 3.96. The Morgan fingerprint density at radius 3 is 2.84 bits per heavy atom. The van der Waals surface area contributed by atoms with E-state index < -0.39 is 5.97 Å². The lowest BCUT2D eigenvalue weighted by atomic mass is 10.1. The minimum absolute atomic E-state index is 0.343. The Labute approximate surface area is 114 Å². The molecule has 2 rings (SSSR count). The summed E-state index contributed by atoms with van der Waals surface area (Å²) in [6, 6.07) is 5.39. The zero-order valence-electron chi connectivity index (χ0n) is 11.6. The average Bonchev–Trinajstić information content (AvgIpc) is 3.18. The minimum atomic E-state index is -0.888. The van der Waals surface area contributed by atoms with Gasteiger partial charge in [-0.05, 0) is 43.4 Å². The summed E-state index contributed by atoms with van der Waals surface area (Å²) in [6.45, 7) is 4.15. The second kappa shape index (κ2) is 6.06. The number of hydrogen-bond donors (Lipinski definition) is 1. The maximum atomic E-state index is 11.2. The molecule has 1 aliphatic carbocycles. The first-order valence-corrected chi connectivity index (χ1v) is 6.70. The van der Waals surface area contributed by atoms with Gasteiger partial charge in [0.25, 0.3) is 0 Å². The number of likely N-dealkylation sites (N-methyl/N-ethyl adjacent to an activating group) is 1. The molecule has 0 aromatic heterocycles. The fourth-order valence-corrected chi connectivity index (χ4v) is 1.99. The summed E-state index contributed by atoms with van der Waals surface area (Å²) in [5.41, 5.74) is 2.16. The fraction of sp³-hybridized carbons (Fsp3) is 0.533. The zero-order chi connectivity index (χ0) is 13.8. The van der Waals surface area contributed by atoms with Crippen molar-refractivity contribution in [3.05, 3.63) is 29.3 Å². The molecule has 0 saturated heterocycles. The van der Waals surface area contributed by atoms with Gasteiger partial charge in [-0.25, -0.2) is 4.79 Å². The number of rotatable bonds is 7. The van der Waals surface area contributed by atoms with E-state index in [1.807, 2.05) is 31.0 Å². The maximum absolute atomic E-state index is 11.2. The molecule has 1 aromatic rings. The van der Waals surface area contributed by atoms with Crippen LogP contribution in [0.2, 0.25) is 0 Å². The van der Waals surface area contributed by atoms with Crippen LogP contribution in [0.15, 0.2) is 18.2 Å². The predicted molar refractivity (Wildman–Crippen MR) is 75.0 cm³/mol. The Morgan fingerprint density at radius 1 is 1.47 bits per heavy atom. The fourth-order valence-electron chi connectivity index (χ4n) is 1.99. The molecule has 0 unspecified atom stereocenters. The van der Waals surface area contributed by atoms with E-state index >= 15 is 0 Å². The van der Waals surface area contributed by atoms with Gasteiger partial charge in [0, 0.05) is 20.2 Å². The van der Waals surface area contributed by atoms with Crippen molar-refractivity contribution in [2.75, 3.05) is 31.7 Å². The molecule has 4 nitrogen and oxygen atoms in total. The standard InChI is InChI=1S/C15H21NO3/c1-11-3-6-13(15(17)18)14(9-11)16(2)7-8-19-10-12-4-5-12/h3,6,9,12H,4-5,7-8,10H2,1-2H3,(H,17,18). The minimum Gasteiger partial charge on any atom is -0.478 e. The third-order valence-corrected chi connectivity index (χ3v) is 3.42. The summed E-state index contributed by atoms with van der Waals surface area (Å²) in [7, 11) is 1.90. The first-order chi connectivity index (χ1) is 9.08. The van der Waals surface area contributed by atoms with Crippen LogP contribution < -0.4 is 4.90 Å². The summed E-state index contributed by atoms with van der Waals surface area (Å²) in [6.07, 6.45) is 2.58. The summed E-state index contributed by atoms with van der Waals surface area (Å²) in [5, 5.41) is 9.20. The number of ether oxygens (including phenoxy) is 1. The molecule has 4 heteroatoms. The van der Waals surface area contributed by atoms with E-state index in [4.69, 9.17) is 4.74 Å². The number of anilines is 1. The highest BCUT2D eigenvalue weighted by atomic mass is 16.5. The van der Waals surface area contributed by atoms with Crippen molar-refractivity contribution in [1.29, 1.82) is 0 Å². The largest absolute Gasteiger partial charge is 0.478 e. The van der Waals surface area contributed by atoms with Gasteiger partial charge in [-0.2, -0.15) is 0 Å². The van der Waals surface area contributed by atoms with E-state index in [1.54, 1.807) is 6.07 Å². The number of aryl methyl sites for hydroxylation is 1. The molecule has 0 bridgehead atoms. The molecule has 0 atom stereocenters. The van der Waals surface area contributed by atoms with Gasteiger partial charge in [0.1, 0.15) is 0 Å². The van der Waals surface area contributed by atoms with E-state index in [1.165, 1.54) is 12.8 Å². The molecule has 0 radical (unpaired) electrons. The molecule has 1 fully saturated rings. The highest BCUT2D eigenvalue weighted by Gasteiger charge is 2.21. The van der Waals surface area contributed by atoms with Gasteiger partial charge in [0.15, 0.2) is 0 Å². The first kappa shape index (κ1) is 13.9. The molecule has 19 heavy (non-hydrogen) atoms. The van der Waals surface area contributed by atoms with Gasteiger partial charge in [-0.15, -0.1) is 0 Å². The van der Waals surface area contributed by atoms with Crippen LogP contribution in [0, 0.1) is 12.8 Å². The molecule has 1 N–H and O–H groups in total. The van der Waals surface area contributed by atoms with Crippen LogP contribution in [0.5, 0.6) is 0 Å². The van der Waals surface area contributed by atoms with Crippen molar-refractivity contribution in [3.63, 3.8) is 0 Å². The lowest BCUT2D eigenvalue weighted by Crippen LogP contribution is -2.25. The third-order valence-electron chi connectivity index (χ3n) is 3.42. The van der Waals surface area contributed by atoms with Gasteiger partial charge in [-0.3, -0.25) is 0 Å². The molecule has 0 aliphatic heterocycles. The van der Waals surface area contributed by atoms with Crippen LogP contribution in [0.3, 0.4) is 0 Å². The number of hydrogen-bond acceptors (Lipinski definition) is 3. The summed E-state index contributed by atoms with van der Waals surface area (Å²) in [4.78, 5) is 13.2. The number of nitrogens with zero attached hydrogens (tertiary/aromatic N) is 1. The molecule has 1 saturated carbocycles. The SMILES string of the molecule is Cc1ccc(C(=O)O)c(N(C)CCOCC2CC2)c1. The normalized spacial score (nSPS) is 14.4. The second-order valence-corrected chi connectivity index (χ2v) is 5.27. The topological polar surface area (TPSA) is 49.8 Å². The lowest BCUT2D eigenvalue weighted by Gasteiger charge is -2.21. The van der Waals surface area contributed by atoms with Crippen LogP contribution in [0.25, 0.3) is 0 Å². The summed E-state index contributed by atoms with van der Waals surface area (Å²) in [5.74, 6) is -0.125. The smallest absolute Gasteiger partial charge is 0.337 e. The average molecular weight is 263 g/mol. The molecular weight excluding hydrogens is 242 g/mol. The van der Waals surface area contributed by atoms with E-state index in [2.05, 4.69) is 0 Å². The Balaban J connectivity index is 1.93.